The molecule has 0 radical (unpaired) electrons. The third kappa shape index (κ3) is 15.3. The zero-order valence-corrected chi connectivity index (χ0v) is 46.5. The molecule has 0 aliphatic carbocycles. The molecule has 8 aliphatic heterocycles. The van der Waals surface area contributed by atoms with E-state index in [4.69, 9.17) is 71.1 Å². The molecule has 8 saturated heterocycles. The Hall–Kier alpha value is -1.64. The molecule has 41 nitrogen and oxygen atoms in total. The van der Waals surface area contributed by atoms with Gasteiger partial charge >= 0.3 is 0 Å². The van der Waals surface area contributed by atoms with E-state index in [1.165, 1.54) is 0 Å². The quantitative estimate of drug-likeness (QED) is 0.0479. The lowest BCUT2D eigenvalue weighted by molar-refractivity contribution is -0.399. The van der Waals surface area contributed by atoms with E-state index in [0.29, 0.717) is 0 Å². The van der Waals surface area contributed by atoms with E-state index in [0.717, 1.165) is 0 Å². The van der Waals surface area contributed by atoms with Crippen LogP contribution in [0, 0.1) is 0 Å². The van der Waals surface area contributed by atoms with E-state index in [9.17, 15) is 133 Å². The number of aliphatic hydroxyl groups excluding tert-OH is 26. The predicted octanol–water partition coefficient (Wildman–Crippen LogP) is -18.5. The molecule has 520 valence electrons. The minimum absolute atomic E-state index is 0.906. The molecule has 0 aromatic heterocycles. The fourth-order valence-corrected chi connectivity index (χ4v) is 11.3. The van der Waals surface area contributed by atoms with Crippen molar-refractivity contribution < 1.29 is 204 Å². The Balaban J connectivity index is 1.01. The molecule has 40 atom stereocenters. The van der Waals surface area contributed by atoms with Crippen molar-refractivity contribution in [3.05, 3.63) is 0 Å². The van der Waals surface area contributed by atoms with Crippen molar-refractivity contribution in [2.75, 3.05) is 52.9 Å². The van der Waals surface area contributed by atoms with Crippen molar-refractivity contribution in [3.8, 4) is 0 Å². The predicted molar refractivity (Wildman–Crippen MR) is 264 cm³/mol. The fraction of sp³-hybridized carbons (Fsp3) is 1.00. The molecule has 1 unspecified atom stereocenters. The summed E-state index contributed by atoms with van der Waals surface area (Å²) in [7, 11) is 0. The van der Waals surface area contributed by atoms with Crippen molar-refractivity contribution >= 4 is 0 Å². The van der Waals surface area contributed by atoms with E-state index in [2.05, 4.69) is 0 Å². The van der Waals surface area contributed by atoms with Gasteiger partial charge in [0.1, 0.15) is 195 Å². The molecule has 8 fully saturated rings. The van der Waals surface area contributed by atoms with Crippen molar-refractivity contribution in [2.45, 2.75) is 246 Å². The van der Waals surface area contributed by atoms with Gasteiger partial charge in [0.2, 0.25) is 0 Å². The summed E-state index contributed by atoms with van der Waals surface area (Å²) >= 11 is 0. The van der Waals surface area contributed by atoms with Crippen molar-refractivity contribution in [1.82, 2.24) is 0 Å². The minimum atomic E-state index is -2.42. The van der Waals surface area contributed by atoms with Crippen LogP contribution < -0.4 is 0 Å². The Labute approximate surface area is 501 Å². The molecule has 0 aromatic rings. The Morgan fingerprint density at radius 1 is 0.191 bits per heavy atom. The molecule has 89 heavy (non-hydrogen) atoms. The first-order valence-corrected chi connectivity index (χ1v) is 28.2. The Morgan fingerprint density at radius 3 is 0.674 bits per heavy atom. The normalized spacial score (nSPS) is 53.6. The Bertz CT molecular complexity index is 2120. The molecular weight excluding hydrogens is 1230 g/mol. The van der Waals surface area contributed by atoms with Crippen molar-refractivity contribution in [2.24, 2.45) is 0 Å². The molecule has 8 aliphatic rings. The van der Waals surface area contributed by atoms with E-state index < -0.39 is 299 Å². The molecule has 0 saturated carbocycles. The Kier molecular flexibility index (Phi) is 25.9. The van der Waals surface area contributed by atoms with Gasteiger partial charge in [-0.1, -0.05) is 0 Å². The molecule has 41 heteroatoms. The zero-order valence-electron chi connectivity index (χ0n) is 46.5. The van der Waals surface area contributed by atoms with Crippen LogP contribution in [-0.2, 0) is 71.1 Å². The average molecular weight is 1320 g/mol. The second kappa shape index (κ2) is 31.5. The summed E-state index contributed by atoms with van der Waals surface area (Å²) in [5.41, 5.74) is 0. The first-order valence-electron chi connectivity index (χ1n) is 28.2. The zero-order chi connectivity index (χ0) is 65.4. The number of rotatable bonds is 22. The second-order valence-electron chi connectivity index (χ2n) is 22.5. The van der Waals surface area contributed by atoms with Crippen LogP contribution in [-0.4, -0.2) is 431 Å². The minimum Gasteiger partial charge on any atom is -0.394 e. The number of hydrogen-bond donors (Lipinski definition) is 26. The van der Waals surface area contributed by atoms with Crippen molar-refractivity contribution in [3.63, 3.8) is 0 Å². The van der Waals surface area contributed by atoms with Gasteiger partial charge in [-0.05, 0) is 0 Å². The molecule has 8 rings (SSSR count). The van der Waals surface area contributed by atoms with Crippen LogP contribution in [0.2, 0.25) is 0 Å². The first-order chi connectivity index (χ1) is 42.2. The number of aliphatic hydroxyl groups is 26. The molecule has 26 N–H and O–H groups in total. The number of hydrogen-bond acceptors (Lipinski definition) is 41. The summed E-state index contributed by atoms with van der Waals surface area (Å²) in [6.45, 7) is -7.97. The summed E-state index contributed by atoms with van der Waals surface area (Å²) in [6.07, 6.45) is -80.7. The maximum Gasteiger partial charge on any atom is 0.187 e. The SMILES string of the molecule is OC[C@H]1O[C@H](OC[C@H]2O[C@@H](O[C@H]3[C@H](O)[C@H](O)[C@H](O[C@H]4[C@H](O)[C@H](O)[C@H](O[C@H]5[C@H](O)[C@H](O)[C@H](O[C@H]6[C@H](O)[C@H](O)C(O)O[C@@H]6CO)O[C@@H]5CO)O[C@@H]4CO)O[C@@H]3CO[C@H]3O[C@H](CO)[C@H](O)[C@H](O)[C@H]3O)[C@@H](O)[C@@H](O)[C@@H]2O[C@@H]2O[C@H](CO)[C@@H](O)[C@H](O)[C@@H]2O)[C@H](O)[C@@H](O)[C@H]1O. The monoisotopic (exact) mass is 1310 g/mol. The topological polar surface area (TPSA) is 664 Å². The van der Waals surface area contributed by atoms with Gasteiger partial charge in [-0.15, -0.1) is 0 Å². The molecule has 0 amide bonds. The van der Waals surface area contributed by atoms with E-state index >= 15 is 0 Å². The van der Waals surface area contributed by atoms with Crippen molar-refractivity contribution in [1.29, 1.82) is 0 Å². The van der Waals surface area contributed by atoms with E-state index in [-0.39, 0.29) is 0 Å². The second-order valence-corrected chi connectivity index (χ2v) is 22.5. The third-order valence-corrected chi connectivity index (χ3v) is 16.6. The highest BCUT2D eigenvalue weighted by Crippen LogP contribution is 2.38. The van der Waals surface area contributed by atoms with Crippen LogP contribution in [0.25, 0.3) is 0 Å². The Morgan fingerprint density at radius 2 is 0.393 bits per heavy atom. The highest BCUT2D eigenvalue weighted by atomic mass is 16.8. The maximum absolute atomic E-state index is 11.9. The van der Waals surface area contributed by atoms with Gasteiger partial charge in [-0.2, -0.15) is 0 Å². The standard InChI is InChI=1S/C48H82O41/c49-1-9-17(55)20(58)29(67)42(78-9)75-7-15-39(88-44-31(69)22(60)19(57)11(3-51)80-44)27(65)35(73)48(84-15)89-40-16(8-76-43-30(68)21(59)18(56)10(2-50)79-43)83-47(34(72)26(40)64)87-38-14(6-54)82-46(33(71)25(38)63)86-37-13(5-53)81-45(32(70)24(37)62)85-36-12(4-52)77-41(74)28(66)23(36)61/h9-74H,1-8H2/t9-,10-,11-,12-,13-,14-,15-,16-,17+,18+,19-,20+,21+,22+,23-,24-,25-,26-,27-,28+,29-,30-,31+,32+,33+,34+,35+,36-,37-,38-,39-,40-,41?,42+,43+,44+,45+,46+,47+,48+/m1/s1. The molecule has 0 spiro atoms. The van der Waals surface area contributed by atoms with Gasteiger partial charge in [0.25, 0.3) is 0 Å². The lowest BCUT2D eigenvalue weighted by Crippen LogP contribution is -2.68. The van der Waals surface area contributed by atoms with E-state index in [1.807, 2.05) is 0 Å². The molecule has 8 heterocycles. The summed E-state index contributed by atoms with van der Waals surface area (Å²) in [5.74, 6) is 0. The highest BCUT2D eigenvalue weighted by molar-refractivity contribution is 5.01. The first kappa shape index (κ1) is 73.2. The van der Waals surface area contributed by atoms with Gasteiger partial charge in [0.15, 0.2) is 50.3 Å². The fourth-order valence-electron chi connectivity index (χ4n) is 11.3. The summed E-state index contributed by atoms with van der Waals surface area (Å²) < 4.78 is 84.6. The summed E-state index contributed by atoms with van der Waals surface area (Å²) in [4.78, 5) is 0. The number of ether oxygens (including phenoxy) is 15. The lowest BCUT2D eigenvalue weighted by Gasteiger charge is -2.50. The van der Waals surface area contributed by atoms with Crippen LogP contribution in [0.15, 0.2) is 0 Å². The van der Waals surface area contributed by atoms with Crippen LogP contribution in [0.1, 0.15) is 0 Å². The third-order valence-electron chi connectivity index (χ3n) is 16.6. The largest absolute Gasteiger partial charge is 0.394 e. The van der Waals surface area contributed by atoms with Gasteiger partial charge in [-0.3, -0.25) is 0 Å². The van der Waals surface area contributed by atoms with Crippen LogP contribution in [0.3, 0.4) is 0 Å². The highest BCUT2D eigenvalue weighted by Gasteiger charge is 2.59. The summed E-state index contributed by atoms with van der Waals surface area (Å²) in [6, 6.07) is 0. The average Bonchev–Trinajstić information content (AvgIpc) is 2.99. The van der Waals surface area contributed by atoms with Gasteiger partial charge < -0.3 is 204 Å². The smallest absolute Gasteiger partial charge is 0.187 e. The maximum atomic E-state index is 11.9. The van der Waals surface area contributed by atoms with E-state index in [1.54, 1.807) is 0 Å². The van der Waals surface area contributed by atoms with Gasteiger partial charge in [0, 0.05) is 0 Å². The van der Waals surface area contributed by atoms with Crippen LogP contribution >= 0.6 is 0 Å². The molecule has 0 aromatic carbocycles. The van der Waals surface area contributed by atoms with Crippen LogP contribution in [0.4, 0.5) is 0 Å². The van der Waals surface area contributed by atoms with Gasteiger partial charge in [-0.25, -0.2) is 0 Å². The molecular formula is C48H82O41. The lowest BCUT2D eigenvalue weighted by atomic mass is 9.95. The van der Waals surface area contributed by atoms with Gasteiger partial charge in [0.05, 0.1) is 52.9 Å². The van der Waals surface area contributed by atoms with Crippen LogP contribution in [0.5, 0.6) is 0 Å². The summed E-state index contributed by atoms with van der Waals surface area (Å²) in [5, 5.41) is 278. The molecule has 0 bridgehead atoms.